The molecule has 0 aliphatic carbocycles. The summed E-state index contributed by atoms with van der Waals surface area (Å²) in [6, 6.07) is 8.66. The number of thiazole rings is 1. The molecule has 0 bridgehead atoms. The molecule has 0 saturated carbocycles. The Labute approximate surface area is 441 Å². The number of nitrogens with one attached hydrogen (secondary N) is 4. The number of carbonyl (C=O) groups is 5. The Morgan fingerprint density at radius 3 is 2.28 bits per heavy atom. The number of likely N-dealkylation sites (tertiary alicyclic amines) is 1. The highest BCUT2D eigenvalue weighted by Gasteiger charge is 2.45. The van der Waals surface area contributed by atoms with Crippen molar-refractivity contribution in [2.75, 3.05) is 76.4 Å². The number of anilines is 2. The number of aromatic amines is 1. The topological polar surface area (TPSA) is 219 Å². The first-order chi connectivity index (χ1) is 35.9. The molecule has 4 aromatic rings. The molecule has 5 atom stereocenters. The zero-order valence-electron chi connectivity index (χ0n) is 43.5. The fraction of sp³-hybridized carbons (Fsp3) is 0.491. The Bertz CT molecular complexity index is 2860. The van der Waals surface area contributed by atoms with E-state index in [1.54, 1.807) is 43.7 Å². The molecule has 1 unspecified atom stereocenters. The highest BCUT2D eigenvalue weighted by Crippen LogP contribution is 2.38. The molecule has 5 amide bonds. The number of aromatic nitrogens is 2. The molecular formula is C53H65F4N9O9S. The van der Waals surface area contributed by atoms with Crippen LogP contribution in [0.15, 0.2) is 65.0 Å². The molecule has 2 saturated heterocycles. The highest BCUT2D eigenvalue weighted by atomic mass is 32.1. The van der Waals surface area contributed by atoms with Gasteiger partial charge in [-0.3, -0.25) is 33.7 Å². The minimum atomic E-state index is -5.01. The number of halogens is 4. The number of alkyl halides is 3. The van der Waals surface area contributed by atoms with Crippen LogP contribution in [0, 0.1) is 18.2 Å². The Morgan fingerprint density at radius 1 is 0.974 bits per heavy atom. The fourth-order valence-corrected chi connectivity index (χ4v) is 10.3. The van der Waals surface area contributed by atoms with Gasteiger partial charge in [0.15, 0.2) is 0 Å². The van der Waals surface area contributed by atoms with Gasteiger partial charge in [0.05, 0.1) is 57.9 Å². The molecule has 0 radical (unpaired) electrons. The van der Waals surface area contributed by atoms with Crippen LogP contribution in [0.3, 0.4) is 0 Å². The maximum absolute atomic E-state index is 16.2. The second kappa shape index (κ2) is 24.2. The predicted octanol–water partition coefficient (Wildman–Crippen LogP) is 5.20. The van der Waals surface area contributed by atoms with Crippen LogP contribution in [0.25, 0.3) is 16.0 Å². The summed E-state index contributed by atoms with van der Waals surface area (Å²) in [7, 11) is 1.95. The number of β-amino-alcohol motifs (C(OH)–C–C–N with tert-alkyl or cyclic N) is 1. The average Bonchev–Trinajstić information content (AvgIpc) is 3.99. The Morgan fingerprint density at radius 2 is 1.66 bits per heavy atom. The SMILES string of the molecule is Cc1ncsc1-c1ccc(CNC(=O)[C@@H]2C[C@@H](O)CN2C(=O)C(NC(=O)COCCOCC(=O)N2CC=C(c3cc(NC(=O)c4c[nH]c(=O)cc4C(F)(F)F)c(N4C[C@@H](C)N(C)[C@@H](C)C4)cc3F)CC2)C(C)(C)C)cc1. The van der Waals surface area contributed by atoms with Crippen LogP contribution in [-0.4, -0.2) is 156 Å². The van der Waals surface area contributed by atoms with Gasteiger partial charge in [-0.05, 0) is 68.5 Å². The molecule has 2 aromatic carbocycles. The van der Waals surface area contributed by atoms with Crippen molar-refractivity contribution in [1.82, 2.24) is 35.3 Å². The van der Waals surface area contributed by atoms with Crippen molar-refractivity contribution in [3.63, 3.8) is 0 Å². The van der Waals surface area contributed by atoms with E-state index < -0.39 is 82.5 Å². The maximum Gasteiger partial charge on any atom is 0.417 e. The first kappa shape index (κ1) is 57.2. The summed E-state index contributed by atoms with van der Waals surface area (Å²) >= 11 is 1.54. The minimum absolute atomic E-state index is 0.0147. The number of hydrogen-bond donors (Lipinski definition) is 5. The van der Waals surface area contributed by atoms with Gasteiger partial charge in [-0.1, -0.05) is 51.1 Å². The van der Waals surface area contributed by atoms with E-state index in [-0.39, 0.29) is 93.8 Å². The number of benzene rings is 2. The molecule has 18 nitrogen and oxygen atoms in total. The standard InChI is InChI=1S/C53H65F4N9O9S/c1-30-24-65(25-31(2)63(30)7)42-21-40(54)37(19-41(42)61-49(71)38-23-58-44(68)20-39(38)53(55,56)57)34-12-14-64(15-13-34)46(70)28-75-17-16-74-27-45(69)62-48(52(4,5)6)51(73)66-26-36(67)18-43(66)50(72)59-22-33-8-10-35(11-9-33)47-32(3)60-29-76-47/h8-12,19-21,23,29-31,36,43,48,67H,13-18,22,24-28H2,1-7H3,(H,58,68)(H,59,72)(H,61,71)(H,62,69)/t30-,31+,36-,43+,48?/m1/s1. The molecule has 76 heavy (non-hydrogen) atoms. The molecule has 23 heteroatoms. The number of aryl methyl sites for hydroxylation is 1. The molecule has 0 spiro atoms. The van der Waals surface area contributed by atoms with E-state index in [0.717, 1.165) is 21.7 Å². The Balaban J connectivity index is 0.892. The predicted molar refractivity (Wildman–Crippen MR) is 278 cm³/mol. The van der Waals surface area contributed by atoms with Crippen LogP contribution in [0.1, 0.15) is 80.2 Å². The van der Waals surface area contributed by atoms with Crippen LogP contribution in [-0.2, 0) is 41.4 Å². The van der Waals surface area contributed by atoms with Gasteiger partial charge in [0.25, 0.3) is 5.91 Å². The number of H-pyrrole nitrogens is 1. The van der Waals surface area contributed by atoms with Crippen LogP contribution in [0.5, 0.6) is 0 Å². The normalized spacial score (nSPS) is 19.8. The van der Waals surface area contributed by atoms with E-state index in [1.165, 1.54) is 21.9 Å². The molecule has 5 N–H and O–H groups in total. The highest BCUT2D eigenvalue weighted by molar-refractivity contribution is 7.13. The average molecular weight is 1080 g/mol. The largest absolute Gasteiger partial charge is 0.417 e. The van der Waals surface area contributed by atoms with Gasteiger partial charge in [0, 0.05) is 75.6 Å². The third kappa shape index (κ3) is 13.9. The first-order valence-corrected chi connectivity index (χ1v) is 25.9. The van der Waals surface area contributed by atoms with E-state index in [4.69, 9.17) is 9.47 Å². The lowest BCUT2D eigenvalue weighted by Gasteiger charge is -2.44. The number of carbonyl (C=O) groups excluding carboxylic acids is 5. The van der Waals surface area contributed by atoms with Crippen LogP contribution >= 0.6 is 11.3 Å². The number of rotatable bonds is 17. The van der Waals surface area contributed by atoms with Gasteiger partial charge >= 0.3 is 6.18 Å². The number of hydrogen-bond acceptors (Lipinski definition) is 13. The fourth-order valence-electron chi connectivity index (χ4n) is 9.51. The lowest BCUT2D eigenvalue weighted by molar-refractivity contribution is -0.144. The van der Waals surface area contributed by atoms with Crippen LogP contribution in [0.2, 0.25) is 0 Å². The number of ether oxygens (including phenoxy) is 2. The monoisotopic (exact) mass is 1080 g/mol. The number of pyridine rings is 1. The summed E-state index contributed by atoms with van der Waals surface area (Å²) in [6.07, 6.45) is -3.37. The van der Waals surface area contributed by atoms with Gasteiger partial charge in [0.2, 0.25) is 29.2 Å². The number of aliphatic hydroxyl groups excluding tert-OH is 1. The van der Waals surface area contributed by atoms with Gasteiger partial charge in [0.1, 0.15) is 31.1 Å². The second-order valence-corrected chi connectivity index (χ2v) is 21.4. The molecule has 3 aliphatic rings. The first-order valence-electron chi connectivity index (χ1n) is 25.0. The molecule has 410 valence electrons. The maximum atomic E-state index is 16.2. The molecule has 7 rings (SSSR count). The Hall–Kier alpha value is -6.53. The summed E-state index contributed by atoms with van der Waals surface area (Å²) in [5.41, 5.74) is 1.44. The molecule has 2 aromatic heterocycles. The van der Waals surface area contributed by atoms with Crippen molar-refractivity contribution in [3.05, 3.63) is 104 Å². The summed E-state index contributed by atoms with van der Waals surface area (Å²) in [5.74, 6) is -3.73. The van der Waals surface area contributed by atoms with E-state index in [0.29, 0.717) is 30.9 Å². The smallest absolute Gasteiger partial charge is 0.391 e. The quantitative estimate of drug-likeness (QED) is 0.0681. The number of aliphatic hydroxyl groups is 1. The molecule has 5 heterocycles. The summed E-state index contributed by atoms with van der Waals surface area (Å²) in [5, 5.41) is 18.8. The van der Waals surface area contributed by atoms with E-state index >= 15 is 4.39 Å². The van der Waals surface area contributed by atoms with Crippen LogP contribution < -0.4 is 26.4 Å². The van der Waals surface area contributed by atoms with Crippen molar-refractivity contribution in [2.45, 2.75) is 97.4 Å². The van der Waals surface area contributed by atoms with E-state index in [9.17, 15) is 47.0 Å². The molecular weight excluding hydrogens is 1010 g/mol. The number of piperazine rings is 1. The zero-order chi connectivity index (χ0) is 55.2. The van der Waals surface area contributed by atoms with Crippen molar-refractivity contribution < 1.29 is 56.1 Å². The minimum Gasteiger partial charge on any atom is -0.391 e. The van der Waals surface area contributed by atoms with Gasteiger partial charge in [-0.2, -0.15) is 13.2 Å². The number of amides is 5. The summed E-state index contributed by atoms with van der Waals surface area (Å²) in [4.78, 5) is 93.4. The zero-order valence-corrected chi connectivity index (χ0v) is 44.3. The van der Waals surface area contributed by atoms with Gasteiger partial charge < -0.3 is 50.2 Å². The van der Waals surface area contributed by atoms with Crippen molar-refractivity contribution in [2.24, 2.45) is 5.41 Å². The summed E-state index contributed by atoms with van der Waals surface area (Å²) < 4.78 is 69.1. The molecule has 3 aliphatic heterocycles. The summed E-state index contributed by atoms with van der Waals surface area (Å²) in [6.45, 7) is 11.5. The van der Waals surface area contributed by atoms with Gasteiger partial charge in [-0.25, -0.2) is 9.37 Å². The van der Waals surface area contributed by atoms with E-state index in [1.807, 2.05) is 57.0 Å². The lowest BCUT2D eigenvalue weighted by Crippen LogP contribution is -2.58. The third-order valence-electron chi connectivity index (χ3n) is 14.0. The van der Waals surface area contributed by atoms with Crippen molar-refractivity contribution in [3.8, 4) is 10.4 Å². The van der Waals surface area contributed by atoms with Crippen molar-refractivity contribution >= 4 is 57.8 Å². The number of likely N-dealkylation sites (N-methyl/N-ethyl adjacent to an activating group) is 1. The van der Waals surface area contributed by atoms with Gasteiger partial charge in [-0.15, -0.1) is 11.3 Å². The van der Waals surface area contributed by atoms with Crippen LogP contribution in [0.4, 0.5) is 28.9 Å². The van der Waals surface area contributed by atoms with E-state index in [2.05, 4.69) is 30.8 Å². The molecule has 2 fully saturated rings. The number of nitrogens with zero attached hydrogens (tertiary/aromatic N) is 5. The third-order valence-corrected chi connectivity index (χ3v) is 14.9. The Kier molecular flexibility index (Phi) is 18.2. The second-order valence-electron chi connectivity index (χ2n) is 20.6. The lowest BCUT2D eigenvalue weighted by atomic mass is 9.85. The van der Waals surface area contributed by atoms with Crippen molar-refractivity contribution in [1.29, 1.82) is 0 Å².